The van der Waals surface area contributed by atoms with E-state index in [-0.39, 0.29) is 11.6 Å². The number of rotatable bonds is 4. The molecule has 2 nitrogen and oxygen atoms in total. The normalized spacial score (nSPS) is 12.2. The van der Waals surface area contributed by atoms with Gasteiger partial charge < -0.3 is 9.84 Å². The van der Waals surface area contributed by atoms with Crippen molar-refractivity contribution in [2.24, 2.45) is 0 Å². The zero-order valence-electron chi connectivity index (χ0n) is 10.7. The minimum Gasteiger partial charge on any atom is -0.487 e. The molecule has 0 radical (unpaired) electrons. The molecular formula is C15H13Cl2FO2. The largest absolute Gasteiger partial charge is 0.487 e. The molecule has 20 heavy (non-hydrogen) atoms. The number of aliphatic hydroxyl groups is 1. The van der Waals surface area contributed by atoms with E-state index in [0.29, 0.717) is 21.9 Å². The first-order valence-corrected chi connectivity index (χ1v) is 6.77. The van der Waals surface area contributed by atoms with Crippen LogP contribution in [0.2, 0.25) is 10.0 Å². The van der Waals surface area contributed by atoms with E-state index in [1.165, 1.54) is 12.1 Å². The standard InChI is InChI=1S/C15H13Cl2FO2/c1-9(19)11-3-5-15(13(17)7-11)20-8-10-2-4-12(16)14(18)6-10/h2-7,9,19H,8H2,1H3/t9-/m1/s1. The van der Waals surface area contributed by atoms with Crippen molar-refractivity contribution in [2.45, 2.75) is 19.6 Å². The summed E-state index contributed by atoms with van der Waals surface area (Å²) in [6.07, 6.45) is -0.591. The highest BCUT2D eigenvalue weighted by Gasteiger charge is 2.07. The van der Waals surface area contributed by atoms with Crippen LogP contribution < -0.4 is 4.74 Å². The highest BCUT2D eigenvalue weighted by atomic mass is 35.5. The Balaban J connectivity index is 2.09. The van der Waals surface area contributed by atoms with Crippen molar-refractivity contribution in [1.82, 2.24) is 0 Å². The van der Waals surface area contributed by atoms with E-state index in [4.69, 9.17) is 27.9 Å². The van der Waals surface area contributed by atoms with Gasteiger partial charge in [-0.25, -0.2) is 4.39 Å². The van der Waals surface area contributed by atoms with Gasteiger partial charge in [-0.1, -0.05) is 35.3 Å². The Morgan fingerprint density at radius 1 is 1.15 bits per heavy atom. The van der Waals surface area contributed by atoms with Gasteiger partial charge in [0.05, 0.1) is 16.1 Å². The molecule has 1 atom stereocenters. The van der Waals surface area contributed by atoms with Gasteiger partial charge >= 0.3 is 0 Å². The molecule has 0 aromatic heterocycles. The van der Waals surface area contributed by atoms with Gasteiger partial charge in [-0.15, -0.1) is 0 Å². The predicted octanol–water partition coefficient (Wildman–Crippen LogP) is 4.76. The summed E-state index contributed by atoms with van der Waals surface area (Å²) in [6, 6.07) is 9.53. The molecule has 2 aromatic rings. The Bertz CT molecular complexity index is 615. The Labute approximate surface area is 126 Å². The van der Waals surface area contributed by atoms with Gasteiger partial charge in [0.2, 0.25) is 0 Å². The fraction of sp³-hybridized carbons (Fsp3) is 0.200. The molecule has 0 aliphatic rings. The summed E-state index contributed by atoms with van der Waals surface area (Å²) in [5.74, 6) is -0.00487. The molecule has 2 rings (SSSR count). The molecule has 0 spiro atoms. The third-order valence-corrected chi connectivity index (χ3v) is 3.42. The lowest BCUT2D eigenvalue weighted by molar-refractivity contribution is 0.199. The number of benzene rings is 2. The second kappa shape index (κ2) is 6.44. The average molecular weight is 315 g/mol. The summed E-state index contributed by atoms with van der Waals surface area (Å²) in [7, 11) is 0. The van der Waals surface area contributed by atoms with E-state index >= 15 is 0 Å². The van der Waals surface area contributed by atoms with E-state index in [9.17, 15) is 9.50 Å². The van der Waals surface area contributed by atoms with Crippen molar-refractivity contribution in [3.63, 3.8) is 0 Å². The second-order valence-electron chi connectivity index (χ2n) is 4.40. The lowest BCUT2D eigenvalue weighted by atomic mass is 10.1. The first-order valence-electron chi connectivity index (χ1n) is 6.01. The summed E-state index contributed by atoms with van der Waals surface area (Å²) in [6.45, 7) is 1.84. The van der Waals surface area contributed by atoms with E-state index in [2.05, 4.69) is 0 Å². The topological polar surface area (TPSA) is 29.5 Å². The quantitative estimate of drug-likeness (QED) is 0.881. The van der Waals surface area contributed by atoms with Crippen LogP contribution in [0, 0.1) is 5.82 Å². The molecule has 0 unspecified atom stereocenters. The Morgan fingerprint density at radius 3 is 2.50 bits per heavy atom. The average Bonchev–Trinajstić information content (AvgIpc) is 2.41. The maximum absolute atomic E-state index is 13.3. The van der Waals surface area contributed by atoms with Crippen molar-refractivity contribution in [1.29, 1.82) is 0 Å². The number of hydrogen-bond acceptors (Lipinski definition) is 2. The third-order valence-electron chi connectivity index (χ3n) is 2.82. The first kappa shape index (κ1) is 15.1. The number of aliphatic hydroxyl groups excluding tert-OH is 1. The van der Waals surface area contributed by atoms with Gasteiger partial charge in [-0.3, -0.25) is 0 Å². The summed E-state index contributed by atoms with van der Waals surface area (Å²) in [5.41, 5.74) is 1.36. The highest BCUT2D eigenvalue weighted by molar-refractivity contribution is 6.32. The van der Waals surface area contributed by atoms with Crippen molar-refractivity contribution < 1.29 is 14.2 Å². The molecule has 2 aromatic carbocycles. The zero-order valence-corrected chi connectivity index (χ0v) is 12.2. The molecule has 0 amide bonds. The molecule has 5 heteroatoms. The molecule has 0 saturated carbocycles. The lowest BCUT2D eigenvalue weighted by Crippen LogP contribution is -1.98. The highest BCUT2D eigenvalue weighted by Crippen LogP contribution is 2.28. The smallest absolute Gasteiger partial charge is 0.142 e. The van der Waals surface area contributed by atoms with Crippen LogP contribution in [-0.2, 0) is 6.61 Å². The fourth-order valence-electron chi connectivity index (χ4n) is 1.68. The maximum Gasteiger partial charge on any atom is 0.142 e. The van der Waals surface area contributed by atoms with Gasteiger partial charge in [0, 0.05) is 0 Å². The predicted molar refractivity (Wildman–Crippen MR) is 77.8 cm³/mol. The monoisotopic (exact) mass is 314 g/mol. The van der Waals surface area contributed by atoms with Crippen molar-refractivity contribution in [3.05, 3.63) is 63.4 Å². The summed E-state index contributed by atoms with van der Waals surface area (Å²) in [5, 5.41) is 9.93. The molecule has 106 valence electrons. The van der Waals surface area contributed by atoms with Crippen LogP contribution in [-0.4, -0.2) is 5.11 Å². The van der Waals surface area contributed by atoms with Crippen LogP contribution >= 0.6 is 23.2 Å². The molecule has 0 aliphatic heterocycles. The van der Waals surface area contributed by atoms with Crippen molar-refractivity contribution in [3.8, 4) is 5.75 Å². The molecule has 0 heterocycles. The van der Waals surface area contributed by atoms with Gasteiger partial charge in [0.15, 0.2) is 0 Å². The van der Waals surface area contributed by atoms with Crippen molar-refractivity contribution >= 4 is 23.2 Å². The minimum absolute atomic E-state index is 0.0769. The Kier molecular flexibility index (Phi) is 4.86. The van der Waals surface area contributed by atoms with Crippen LogP contribution in [0.1, 0.15) is 24.2 Å². The molecule has 0 aliphatic carbocycles. The fourth-order valence-corrected chi connectivity index (χ4v) is 2.05. The van der Waals surface area contributed by atoms with Crippen LogP contribution in [0.15, 0.2) is 36.4 Å². The van der Waals surface area contributed by atoms with Gasteiger partial charge in [0.1, 0.15) is 18.2 Å². The van der Waals surface area contributed by atoms with E-state index < -0.39 is 11.9 Å². The zero-order chi connectivity index (χ0) is 14.7. The van der Waals surface area contributed by atoms with Crippen LogP contribution in [0.4, 0.5) is 4.39 Å². The van der Waals surface area contributed by atoms with Gasteiger partial charge in [-0.2, -0.15) is 0 Å². The van der Waals surface area contributed by atoms with Gasteiger partial charge in [0.25, 0.3) is 0 Å². The van der Waals surface area contributed by atoms with E-state index in [1.54, 1.807) is 31.2 Å². The summed E-state index contributed by atoms with van der Waals surface area (Å²) < 4.78 is 18.8. The number of ether oxygens (including phenoxy) is 1. The first-order chi connectivity index (χ1) is 9.47. The molecule has 0 bridgehead atoms. The number of hydrogen-bond donors (Lipinski definition) is 1. The van der Waals surface area contributed by atoms with Crippen LogP contribution in [0.3, 0.4) is 0 Å². The molecule has 0 fully saturated rings. The third kappa shape index (κ3) is 3.63. The SMILES string of the molecule is C[C@@H](O)c1ccc(OCc2ccc(Cl)c(F)c2)c(Cl)c1. The van der Waals surface area contributed by atoms with E-state index in [0.717, 1.165) is 0 Å². The molecule has 1 N–H and O–H groups in total. The maximum atomic E-state index is 13.3. The van der Waals surface area contributed by atoms with E-state index in [1.807, 2.05) is 0 Å². The number of halogens is 3. The Morgan fingerprint density at radius 2 is 1.90 bits per heavy atom. The minimum atomic E-state index is -0.591. The second-order valence-corrected chi connectivity index (χ2v) is 5.22. The Hall–Kier alpha value is -1.29. The van der Waals surface area contributed by atoms with Crippen molar-refractivity contribution in [2.75, 3.05) is 0 Å². The summed E-state index contributed by atoms with van der Waals surface area (Å²) >= 11 is 11.7. The van der Waals surface area contributed by atoms with Crippen LogP contribution in [0.25, 0.3) is 0 Å². The van der Waals surface area contributed by atoms with Gasteiger partial charge in [-0.05, 0) is 42.3 Å². The molecular weight excluding hydrogens is 302 g/mol. The summed E-state index contributed by atoms with van der Waals surface area (Å²) in [4.78, 5) is 0. The van der Waals surface area contributed by atoms with Crippen LogP contribution in [0.5, 0.6) is 5.75 Å². The molecule has 0 saturated heterocycles. The lowest BCUT2D eigenvalue weighted by Gasteiger charge is -2.11.